The van der Waals surface area contributed by atoms with Gasteiger partial charge in [-0.25, -0.2) is 4.68 Å². The average molecular weight is 341 g/mol. The molecule has 24 heavy (non-hydrogen) atoms. The molecule has 0 unspecified atom stereocenters. The Morgan fingerprint density at radius 1 is 1.25 bits per heavy atom. The lowest BCUT2D eigenvalue weighted by Crippen LogP contribution is -2.43. The average Bonchev–Trinajstić information content (AvgIpc) is 3.21. The summed E-state index contributed by atoms with van der Waals surface area (Å²) >= 11 is 1.46. The van der Waals surface area contributed by atoms with E-state index in [0.29, 0.717) is 12.2 Å². The van der Waals surface area contributed by atoms with Gasteiger partial charge in [0, 0.05) is 18.7 Å². The minimum absolute atomic E-state index is 0.259. The van der Waals surface area contributed by atoms with Crippen LogP contribution in [-0.2, 0) is 6.54 Å². The molecule has 0 saturated carbocycles. The van der Waals surface area contributed by atoms with E-state index in [4.69, 9.17) is 0 Å². The van der Waals surface area contributed by atoms with Gasteiger partial charge < -0.3 is 10.6 Å². The third-order valence-electron chi connectivity index (χ3n) is 3.76. The van der Waals surface area contributed by atoms with Crippen molar-refractivity contribution in [1.29, 1.82) is 0 Å². The summed E-state index contributed by atoms with van der Waals surface area (Å²) in [7, 11) is 0. The maximum atomic E-state index is 12.2. The van der Waals surface area contributed by atoms with Crippen molar-refractivity contribution in [3.05, 3.63) is 47.2 Å². The SMILES string of the molecule is O=C(NCc1nnc(-c2ccccc2)s1)c1cn(C2CNC2)nn1. The van der Waals surface area contributed by atoms with Gasteiger partial charge in [-0.1, -0.05) is 46.9 Å². The lowest BCUT2D eigenvalue weighted by atomic mass is 10.2. The van der Waals surface area contributed by atoms with Gasteiger partial charge in [0.2, 0.25) is 0 Å². The van der Waals surface area contributed by atoms with E-state index >= 15 is 0 Å². The number of hydrogen-bond donors (Lipinski definition) is 2. The van der Waals surface area contributed by atoms with Crippen LogP contribution in [0.1, 0.15) is 21.5 Å². The van der Waals surface area contributed by atoms with Gasteiger partial charge in [-0.3, -0.25) is 4.79 Å². The molecule has 1 aliphatic rings. The monoisotopic (exact) mass is 341 g/mol. The van der Waals surface area contributed by atoms with Crippen molar-refractivity contribution in [2.24, 2.45) is 0 Å². The highest BCUT2D eigenvalue weighted by atomic mass is 32.1. The van der Waals surface area contributed by atoms with E-state index in [-0.39, 0.29) is 11.9 Å². The Morgan fingerprint density at radius 3 is 2.83 bits per heavy atom. The van der Waals surface area contributed by atoms with Gasteiger partial charge in [0.25, 0.3) is 5.91 Å². The molecule has 0 radical (unpaired) electrons. The zero-order valence-corrected chi connectivity index (χ0v) is 13.5. The minimum atomic E-state index is -0.259. The largest absolute Gasteiger partial charge is 0.344 e. The number of nitrogens with zero attached hydrogens (tertiary/aromatic N) is 5. The van der Waals surface area contributed by atoms with Crippen LogP contribution in [0.25, 0.3) is 10.6 Å². The second-order valence-corrected chi connectivity index (χ2v) is 6.51. The predicted octanol–water partition coefficient (Wildman–Crippen LogP) is 0.871. The topological polar surface area (TPSA) is 97.6 Å². The van der Waals surface area contributed by atoms with Crippen LogP contribution in [0, 0.1) is 0 Å². The molecule has 4 rings (SSSR count). The zero-order valence-electron chi connectivity index (χ0n) is 12.7. The summed E-state index contributed by atoms with van der Waals surface area (Å²) < 4.78 is 1.73. The number of aromatic nitrogens is 5. The van der Waals surface area contributed by atoms with Crippen molar-refractivity contribution in [3.63, 3.8) is 0 Å². The van der Waals surface area contributed by atoms with Crippen LogP contribution >= 0.6 is 11.3 Å². The molecule has 1 saturated heterocycles. The van der Waals surface area contributed by atoms with Gasteiger partial charge in [-0.2, -0.15) is 0 Å². The maximum absolute atomic E-state index is 12.2. The fourth-order valence-electron chi connectivity index (χ4n) is 2.29. The Bertz CT molecular complexity index is 840. The Morgan fingerprint density at radius 2 is 2.08 bits per heavy atom. The number of benzene rings is 1. The number of carbonyl (C=O) groups is 1. The molecular formula is C15H15N7OS. The van der Waals surface area contributed by atoms with Crippen LogP contribution in [0.5, 0.6) is 0 Å². The molecule has 0 atom stereocenters. The van der Waals surface area contributed by atoms with Gasteiger partial charge in [0.05, 0.1) is 18.8 Å². The van der Waals surface area contributed by atoms with Crippen molar-refractivity contribution in [2.45, 2.75) is 12.6 Å². The van der Waals surface area contributed by atoms with Crippen molar-refractivity contribution in [1.82, 2.24) is 35.8 Å². The molecule has 0 spiro atoms. The summed E-state index contributed by atoms with van der Waals surface area (Å²) in [5, 5.41) is 23.8. The molecule has 3 aromatic rings. The van der Waals surface area contributed by atoms with Gasteiger partial charge >= 0.3 is 0 Å². The predicted molar refractivity (Wildman–Crippen MR) is 88.4 cm³/mol. The van der Waals surface area contributed by atoms with E-state index in [1.165, 1.54) is 11.3 Å². The second-order valence-electron chi connectivity index (χ2n) is 5.45. The number of carbonyl (C=O) groups excluding carboxylic acids is 1. The van der Waals surface area contributed by atoms with E-state index in [1.807, 2.05) is 30.3 Å². The van der Waals surface area contributed by atoms with Crippen molar-refractivity contribution in [2.75, 3.05) is 13.1 Å². The highest BCUT2D eigenvalue weighted by Crippen LogP contribution is 2.22. The lowest BCUT2D eigenvalue weighted by molar-refractivity contribution is 0.0945. The first-order chi connectivity index (χ1) is 11.8. The van der Waals surface area contributed by atoms with Gasteiger partial charge in [-0.05, 0) is 0 Å². The Kier molecular flexibility index (Phi) is 4.01. The first kappa shape index (κ1) is 14.9. The minimum Gasteiger partial charge on any atom is -0.344 e. The summed E-state index contributed by atoms with van der Waals surface area (Å²) in [5.74, 6) is -0.259. The van der Waals surface area contributed by atoms with Crippen molar-refractivity contribution in [3.8, 4) is 10.6 Å². The van der Waals surface area contributed by atoms with Crippen LogP contribution in [-0.4, -0.2) is 44.2 Å². The summed E-state index contributed by atoms with van der Waals surface area (Å²) in [6.07, 6.45) is 1.68. The Labute approximate surface area is 141 Å². The lowest BCUT2D eigenvalue weighted by Gasteiger charge is -2.26. The van der Waals surface area contributed by atoms with Crippen molar-refractivity contribution >= 4 is 17.2 Å². The number of amides is 1. The standard InChI is InChI=1S/C15H15N7OS/c23-14(12-9-22(21-18-12)11-6-16-7-11)17-8-13-19-20-15(24-13)10-4-2-1-3-5-10/h1-5,9,11,16H,6-8H2,(H,17,23). The molecule has 0 aliphatic carbocycles. The van der Waals surface area contributed by atoms with E-state index < -0.39 is 0 Å². The molecule has 1 fully saturated rings. The quantitative estimate of drug-likeness (QED) is 0.715. The van der Waals surface area contributed by atoms with Crippen molar-refractivity contribution < 1.29 is 4.79 Å². The van der Waals surface area contributed by atoms with E-state index in [2.05, 4.69) is 31.1 Å². The number of rotatable bonds is 5. The molecule has 1 aromatic carbocycles. The van der Waals surface area contributed by atoms with E-state index in [0.717, 1.165) is 28.7 Å². The van der Waals surface area contributed by atoms with Crippen LogP contribution in [0.2, 0.25) is 0 Å². The molecule has 122 valence electrons. The third kappa shape index (κ3) is 3.03. The first-order valence-corrected chi connectivity index (χ1v) is 8.40. The zero-order chi connectivity index (χ0) is 16.4. The highest BCUT2D eigenvalue weighted by molar-refractivity contribution is 7.14. The van der Waals surface area contributed by atoms with Gasteiger partial charge in [-0.15, -0.1) is 15.3 Å². The maximum Gasteiger partial charge on any atom is 0.273 e. The smallest absolute Gasteiger partial charge is 0.273 e. The van der Waals surface area contributed by atoms with Gasteiger partial charge in [0.15, 0.2) is 5.69 Å². The van der Waals surface area contributed by atoms with Crippen LogP contribution < -0.4 is 10.6 Å². The molecule has 9 heteroatoms. The Hall–Kier alpha value is -2.65. The molecule has 1 aliphatic heterocycles. The molecule has 0 bridgehead atoms. The fourth-order valence-corrected chi connectivity index (χ4v) is 3.07. The highest BCUT2D eigenvalue weighted by Gasteiger charge is 2.21. The molecule has 3 heterocycles. The summed E-state index contributed by atoms with van der Waals surface area (Å²) in [6, 6.07) is 10.1. The van der Waals surface area contributed by atoms with Crippen LogP contribution in [0.15, 0.2) is 36.5 Å². The third-order valence-corrected chi connectivity index (χ3v) is 4.74. The molecule has 1 amide bonds. The number of hydrogen-bond acceptors (Lipinski definition) is 7. The van der Waals surface area contributed by atoms with E-state index in [9.17, 15) is 4.79 Å². The number of nitrogens with one attached hydrogen (secondary N) is 2. The molecular weight excluding hydrogens is 326 g/mol. The normalized spacial score (nSPS) is 14.3. The Balaban J connectivity index is 1.37. The second kappa shape index (κ2) is 6.46. The summed E-state index contributed by atoms with van der Waals surface area (Å²) in [5.41, 5.74) is 1.33. The summed E-state index contributed by atoms with van der Waals surface area (Å²) in [4.78, 5) is 12.2. The molecule has 2 aromatic heterocycles. The van der Waals surface area contributed by atoms with Crippen LogP contribution in [0.4, 0.5) is 0 Å². The first-order valence-electron chi connectivity index (χ1n) is 7.58. The van der Waals surface area contributed by atoms with Crippen LogP contribution in [0.3, 0.4) is 0 Å². The molecule has 8 nitrogen and oxygen atoms in total. The van der Waals surface area contributed by atoms with Gasteiger partial charge in [0.1, 0.15) is 10.0 Å². The molecule has 2 N–H and O–H groups in total. The van der Waals surface area contributed by atoms with E-state index in [1.54, 1.807) is 10.9 Å². The fraction of sp³-hybridized carbons (Fsp3) is 0.267. The summed E-state index contributed by atoms with van der Waals surface area (Å²) in [6.45, 7) is 2.04.